The first-order valence-electron chi connectivity index (χ1n) is 15.2. The molecule has 0 saturated carbocycles. The van der Waals surface area contributed by atoms with E-state index in [1.165, 1.54) is 15.9 Å². The molecule has 1 N–H and O–H groups in total. The average Bonchev–Trinajstić information content (AvgIpc) is 3.49. The monoisotopic (exact) mass is 624 g/mol. The van der Waals surface area contributed by atoms with Gasteiger partial charge in [-0.25, -0.2) is 4.79 Å². The van der Waals surface area contributed by atoms with E-state index >= 15 is 0 Å². The van der Waals surface area contributed by atoms with Gasteiger partial charge in [-0.15, -0.1) is 10.2 Å². The lowest BCUT2D eigenvalue weighted by Crippen LogP contribution is -2.44. The summed E-state index contributed by atoms with van der Waals surface area (Å²) in [6.07, 6.45) is 1.19. The molecule has 3 heterocycles. The molecule has 1 unspecified atom stereocenters. The number of halogens is 1. The van der Waals surface area contributed by atoms with E-state index < -0.39 is 12.1 Å². The molecule has 1 aromatic heterocycles. The van der Waals surface area contributed by atoms with Gasteiger partial charge in [0, 0.05) is 28.3 Å². The zero-order valence-corrected chi connectivity index (χ0v) is 26.5. The van der Waals surface area contributed by atoms with E-state index in [1.807, 2.05) is 38.1 Å². The van der Waals surface area contributed by atoms with E-state index in [0.29, 0.717) is 28.8 Å². The number of piperidine rings is 1. The van der Waals surface area contributed by atoms with Crippen molar-refractivity contribution in [2.24, 2.45) is 7.05 Å². The lowest BCUT2D eigenvalue weighted by atomic mass is 9.68. The van der Waals surface area contributed by atoms with Crippen molar-refractivity contribution in [2.45, 2.75) is 38.0 Å². The molecule has 2 aliphatic heterocycles. The minimum Gasteiger partial charge on any atom is -0.433 e. The number of nitrogens with zero attached hydrogens (tertiary/aromatic N) is 5. The summed E-state index contributed by atoms with van der Waals surface area (Å²) in [6.45, 7) is 6.40. The summed E-state index contributed by atoms with van der Waals surface area (Å²) in [4.78, 5) is 16.9. The number of aryl methyl sites for hydroxylation is 1. The number of nitrogens with one attached hydrogen (secondary N) is 1. The van der Waals surface area contributed by atoms with Gasteiger partial charge in [-0.2, -0.15) is 4.80 Å². The van der Waals surface area contributed by atoms with Crippen LogP contribution in [0.3, 0.4) is 0 Å². The summed E-state index contributed by atoms with van der Waals surface area (Å²) in [7, 11) is 1.70. The van der Waals surface area contributed by atoms with Crippen LogP contribution in [0.1, 0.15) is 55.1 Å². The molecule has 232 valence electrons. The SMILES string of the molecule is CC1=C(OC(=O)OCCN2CCC(c3ccccc3)(c3ccccc3)CC2)C(c2ccccc2Cl)C(c2nnn(C)n2)=C(C)N1. The molecule has 10 heteroatoms. The van der Waals surface area contributed by atoms with Crippen LogP contribution in [0.15, 0.2) is 102 Å². The normalized spacial score (nSPS) is 18.4. The number of carbonyl (C=O) groups excluding carboxylic acids is 1. The predicted octanol–water partition coefficient (Wildman–Crippen LogP) is 6.45. The number of hydrogen-bond acceptors (Lipinski definition) is 8. The Labute approximate surface area is 268 Å². The molecule has 0 aliphatic carbocycles. The first kappa shape index (κ1) is 30.6. The second kappa shape index (κ2) is 13.3. The van der Waals surface area contributed by atoms with Gasteiger partial charge in [-0.05, 0) is 67.7 Å². The van der Waals surface area contributed by atoms with Crippen molar-refractivity contribution in [1.82, 2.24) is 30.4 Å². The first-order valence-corrected chi connectivity index (χ1v) is 15.6. The Kier molecular flexibility index (Phi) is 9.00. The number of hydrogen-bond donors (Lipinski definition) is 1. The molecule has 0 spiro atoms. The molecule has 0 bridgehead atoms. The van der Waals surface area contributed by atoms with Crippen LogP contribution in [0, 0.1) is 0 Å². The number of aromatic nitrogens is 4. The van der Waals surface area contributed by atoms with Crippen molar-refractivity contribution in [3.05, 3.63) is 130 Å². The van der Waals surface area contributed by atoms with Crippen LogP contribution in [0.4, 0.5) is 4.79 Å². The summed E-state index contributed by atoms with van der Waals surface area (Å²) in [5.74, 6) is 0.263. The van der Waals surface area contributed by atoms with Crippen LogP contribution >= 0.6 is 11.6 Å². The van der Waals surface area contributed by atoms with Gasteiger partial charge in [-0.3, -0.25) is 4.90 Å². The Morgan fingerprint density at radius 3 is 2.16 bits per heavy atom. The highest BCUT2D eigenvalue weighted by molar-refractivity contribution is 6.31. The summed E-state index contributed by atoms with van der Waals surface area (Å²) >= 11 is 6.68. The summed E-state index contributed by atoms with van der Waals surface area (Å²) in [5, 5.41) is 16.5. The maximum absolute atomic E-state index is 13.1. The Hall–Kier alpha value is -4.47. The van der Waals surface area contributed by atoms with Crippen molar-refractivity contribution in [2.75, 3.05) is 26.2 Å². The summed E-state index contributed by atoms with van der Waals surface area (Å²) in [5.41, 5.74) is 5.62. The Bertz CT molecular complexity index is 1670. The van der Waals surface area contributed by atoms with Crippen molar-refractivity contribution in [1.29, 1.82) is 0 Å². The van der Waals surface area contributed by atoms with Gasteiger partial charge in [0.05, 0.1) is 18.7 Å². The molecule has 1 fully saturated rings. The van der Waals surface area contributed by atoms with Crippen LogP contribution in [-0.4, -0.2) is 57.5 Å². The largest absolute Gasteiger partial charge is 0.513 e. The second-order valence-electron chi connectivity index (χ2n) is 11.6. The predicted molar refractivity (Wildman–Crippen MR) is 173 cm³/mol. The fourth-order valence-corrected chi connectivity index (χ4v) is 6.84. The van der Waals surface area contributed by atoms with Crippen molar-refractivity contribution >= 4 is 23.3 Å². The van der Waals surface area contributed by atoms with Crippen molar-refractivity contribution < 1.29 is 14.3 Å². The zero-order chi connectivity index (χ0) is 31.4. The smallest absolute Gasteiger partial charge is 0.433 e. The molecule has 2 aliphatic rings. The number of ether oxygens (including phenoxy) is 2. The summed E-state index contributed by atoms with van der Waals surface area (Å²) in [6, 6.07) is 29.0. The van der Waals surface area contributed by atoms with Crippen molar-refractivity contribution in [3.8, 4) is 0 Å². The van der Waals surface area contributed by atoms with Crippen LogP contribution in [-0.2, 0) is 21.9 Å². The van der Waals surface area contributed by atoms with Gasteiger partial charge in [-0.1, -0.05) is 90.5 Å². The van der Waals surface area contributed by atoms with Gasteiger partial charge in [0.25, 0.3) is 0 Å². The Morgan fingerprint density at radius 1 is 0.933 bits per heavy atom. The van der Waals surface area contributed by atoms with Crippen LogP contribution in [0.25, 0.3) is 5.57 Å². The number of tetrazole rings is 1. The highest BCUT2D eigenvalue weighted by Crippen LogP contribution is 2.45. The fourth-order valence-electron chi connectivity index (χ4n) is 6.60. The first-order chi connectivity index (χ1) is 21.9. The number of rotatable bonds is 8. The molecule has 9 nitrogen and oxygen atoms in total. The van der Waals surface area contributed by atoms with E-state index in [4.69, 9.17) is 21.1 Å². The third kappa shape index (κ3) is 6.36. The van der Waals surface area contributed by atoms with E-state index in [9.17, 15) is 4.79 Å². The molecule has 1 saturated heterocycles. The fraction of sp³-hybridized carbons (Fsp3) is 0.314. The Balaban J connectivity index is 1.12. The second-order valence-corrected chi connectivity index (χ2v) is 12.0. The van der Waals surface area contributed by atoms with Crippen LogP contribution in [0.2, 0.25) is 5.02 Å². The van der Waals surface area contributed by atoms with E-state index in [0.717, 1.165) is 42.8 Å². The maximum atomic E-state index is 13.1. The quantitative estimate of drug-likeness (QED) is 0.224. The number of dihydropyridines is 1. The van der Waals surface area contributed by atoms with E-state index in [-0.39, 0.29) is 12.0 Å². The van der Waals surface area contributed by atoms with Gasteiger partial charge in [0.15, 0.2) is 0 Å². The van der Waals surface area contributed by atoms with E-state index in [2.05, 4.69) is 86.3 Å². The third-order valence-corrected chi connectivity index (χ3v) is 9.19. The number of carbonyl (C=O) groups is 1. The van der Waals surface area contributed by atoms with Gasteiger partial charge < -0.3 is 14.8 Å². The minimum atomic E-state index is -0.769. The molecule has 0 radical (unpaired) electrons. The van der Waals surface area contributed by atoms with Gasteiger partial charge >= 0.3 is 6.16 Å². The van der Waals surface area contributed by atoms with Crippen molar-refractivity contribution in [3.63, 3.8) is 0 Å². The molecule has 4 aromatic rings. The number of benzene rings is 3. The van der Waals surface area contributed by atoms with Crippen LogP contribution < -0.4 is 5.32 Å². The Morgan fingerprint density at radius 2 is 1.56 bits per heavy atom. The average molecular weight is 625 g/mol. The topological polar surface area (TPSA) is 94.4 Å². The molecular formula is C35H37ClN6O3. The number of allylic oxidation sites excluding steroid dienone is 3. The maximum Gasteiger partial charge on any atom is 0.513 e. The van der Waals surface area contributed by atoms with E-state index in [1.54, 1.807) is 7.05 Å². The molecule has 6 rings (SSSR count). The molecule has 45 heavy (non-hydrogen) atoms. The molecule has 1 atom stereocenters. The van der Waals surface area contributed by atoms with Crippen LogP contribution in [0.5, 0.6) is 0 Å². The third-order valence-electron chi connectivity index (χ3n) is 8.85. The lowest BCUT2D eigenvalue weighted by molar-refractivity contribution is 0.0593. The molecular weight excluding hydrogens is 588 g/mol. The summed E-state index contributed by atoms with van der Waals surface area (Å²) < 4.78 is 11.6. The highest BCUT2D eigenvalue weighted by Gasteiger charge is 2.38. The zero-order valence-electron chi connectivity index (χ0n) is 25.7. The minimum absolute atomic E-state index is 0.0359. The molecule has 0 amide bonds. The standard InChI is InChI=1S/C35H37ClN6O3/c1-24-30(33-38-40-41(3)39-33)31(28-16-10-11-17-29(28)36)32(25(2)37-24)45-34(43)44-23-22-42-20-18-35(19-21-42,26-12-6-4-7-13-26)27-14-8-5-9-15-27/h4-17,31,37H,18-23H2,1-3H3. The highest BCUT2D eigenvalue weighted by atomic mass is 35.5. The van der Waals surface area contributed by atoms with Gasteiger partial charge in [0.2, 0.25) is 5.82 Å². The number of likely N-dealkylation sites (tertiary alicyclic amines) is 1. The molecule has 3 aromatic carbocycles. The van der Waals surface area contributed by atoms with Gasteiger partial charge in [0.1, 0.15) is 12.4 Å². The lowest BCUT2D eigenvalue weighted by Gasteiger charge is -2.43.